The molecule has 0 aliphatic heterocycles. The van der Waals surface area contributed by atoms with Crippen LogP contribution in [0.4, 0.5) is 5.82 Å². The van der Waals surface area contributed by atoms with Crippen LogP contribution in [0.3, 0.4) is 0 Å². The number of aromatic nitrogens is 1. The fourth-order valence-corrected chi connectivity index (χ4v) is 1.03. The van der Waals surface area contributed by atoms with E-state index in [0.717, 1.165) is 12.0 Å². The molecule has 5 heteroatoms. The van der Waals surface area contributed by atoms with Gasteiger partial charge in [-0.2, -0.15) is 0 Å². The quantitative estimate of drug-likeness (QED) is 0.743. The first kappa shape index (κ1) is 12.2. The van der Waals surface area contributed by atoms with Crippen LogP contribution < -0.4 is 10.6 Å². The van der Waals surface area contributed by atoms with Crippen LogP contribution in [0.1, 0.15) is 18.9 Å². The van der Waals surface area contributed by atoms with Gasteiger partial charge >= 0.3 is 11.8 Å². The van der Waals surface area contributed by atoms with Gasteiger partial charge < -0.3 is 10.6 Å². The second-order valence-corrected chi connectivity index (χ2v) is 3.43. The summed E-state index contributed by atoms with van der Waals surface area (Å²) in [4.78, 5) is 26.5. The molecule has 86 valence electrons. The molecule has 2 amide bonds. The number of anilines is 1. The Labute approximate surface area is 94.3 Å². The molecule has 0 aliphatic carbocycles. The Morgan fingerprint density at radius 3 is 2.62 bits per heavy atom. The van der Waals surface area contributed by atoms with Crippen molar-refractivity contribution in [2.24, 2.45) is 0 Å². The summed E-state index contributed by atoms with van der Waals surface area (Å²) in [5, 5.41) is 4.90. The number of amides is 2. The van der Waals surface area contributed by atoms with Crippen molar-refractivity contribution in [3.05, 3.63) is 23.9 Å². The van der Waals surface area contributed by atoms with E-state index in [0.29, 0.717) is 12.4 Å². The van der Waals surface area contributed by atoms with E-state index in [4.69, 9.17) is 0 Å². The molecule has 0 fully saturated rings. The maximum Gasteiger partial charge on any atom is 0.314 e. The summed E-state index contributed by atoms with van der Waals surface area (Å²) < 4.78 is 0. The third-order valence-corrected chi connectivity index (χ3v) is 1.89. The van der Waals surface area contributed by atoms with Crippen molar-refractivity contribution in [2.75, 3.05) is 11.9 Å². The number of aryl methyl sites for hydroxylation is 1. The summed E-state index contributed by atoms with van der Waals surface area (Å²) in [5.41, 5.74) is 0.994. The Morgan fingerprint density at radius 2 is 2.06 bits per heavy atom. The van der Waals surface area contributed by atoms with Crippen molar-refractivity contribution < 1.29 is 9.59 Å². The van der Waals surface area contributed by atoms with E-state index in [1.807, 2.05) is 19.9 Å². The number of rotatable bonds is 3. The first-order valence-electron chi connectivity index (χ1n) is 5.15. The van der Waals surface area contributed by atoms with Crippen LogP contribution in [-0.2, 0) is 9.59 Å². The van der Waals surface area contributed by atoms with Crippen LogP contribution in [0.2, 0.25) is 0 Å². The van der Waals surface area contributed by atoms with E-state index < -0.39 is 11.8 Å². The summed E-state index contributed by atoms with van der Waals surface area (Å²) in [6.07, 6.45) is 2.42. The normalized spacial score (nSPS) is 9.62. The minimum absolute atomic E-state index is 0.377. The third kappa shape index (κ3) is 3.68. The molecule has 0 aromatic carbocycles. The SMILES string of the molecule is CCCNC(=O)C(=O)Nc1ccc(C)cn1. The van der Waals surface area contributed by atoms with E-state index >= 15 is 0 Å². The predicted molar refractivity (Wildman–Crippen MR) is 60.9 cm³/mol. The number of hydrogen-bond acceptors (Lipinski definition) is 3. The highest BCUT2D eigenvalue weighted by atomic mass is 16.2. The summed E-state index contributed by atoms with van der Waals surface area (Å²) in [7, 11) is 0. The van der Waals surface area contributed by atoms with Crippen LogP contribution in [0.15, 0.2) is 18.3 Å². The van der Waals surface area contributed by atoms with Gasteiger partial charge in [0.1, 0.15) is 5.82 Å². The molecule has 0 saturated heterocycles. The van der Waals surface area contributed by atoms with Crippen molar-refractivity contribution in [1.29, 1.82) is 0 Å². The topological polar surface area (TPSA) is 71.1 Å². The van der Waals surface area contributed by atoms with Gasteiger partial charge in [-0.25, -0.2) is 4.98 Å². The van der Waals surface area contributed by atoms with Gasteiger partial charge in [-0.1, -0.05) is 13.0 Å². The zero-order valence-electron chi connectivity index (χ0n) is 9.41. The molecule has 5 nitrogen and oxygen atoms in total. The predicted octanol–water partition coefficient (Wildman–Crippen LogP) is 0.855. The maximum absolute atomic E-state index is 11.3. The Hall–Kier alpha value is -1.91. The monoisotopic (exact) mass is 221 g/mol. The smallest absolute Gasteiger partial charge is 0.314 e. The molecule has 0 unspecified atom stereocenters. The van der Waals surface area contributed by atoms with Crippen LogP contribution >= 0.6 is 0 Å². The molecule has 1 heterocycles. The zero-order valence-corrected chi connectivity index (χ0v) is 9.41. The van der Waals surface area contributed by atoms with Gasteiger partial charge in [0.25, 0.3) is 0 Å². The van der Waals surface area contributed by atoms with E-state index in [1.165, 1.54) is 0 Å². The van der Waals surface area contributed by atoms with Gasteiger partial charge in [-0.3, -0.25) is 9.59 Å². The van der Waals surface area contributed by atoms with Gasteiger partial charge in [-0.05, 0) is 25.0 Å². The Bertz CT molecular complexity index is 373. The van der Waals surface area contributed by atoms with Gasteiger partial charge in [-0.15, -0.1) is 0 Å². The number of pyridine rings is 1. The van der Waals surface area contributed by atoms with Crippen molar-refractivity contribution in [3.63, 3.8) is 0 Å². The van der Waals surface area contributed by atoms with Crippen LogP contribution in [-0.4, -0.2) is 23.3 Å². The highest BCUT2D eigenvalue weighted by Crippen LogP contribution is 2.03. The Balaban J connectivity index is 2.51. The summed E-state index contributed by atoms with van der Waals surface area (Å²) >= 11 is 0. The van der Waals surface area contributed by atoms with Crippen molar-refractivity contribution in [1.82, 2.24) is 10.3 Å². The zero-order chi connectivity index (χ0) is 12.0. The molecule has 16 heavy (non-hydrogen) atoms. The highest BCUT2D eigenvalue weighted by Gasteiger charge is 2.12. The van der Waals surface area contributed by atoms with Gasteiger partial charge in [0.05, 0.1) is 0 Å². The Kier molecular flexibility index (Phi) is 4.44. The van der Waals surface area contributed by atoms with E-state index in [1.54, 1.807) is 12.3 Å². The largest absolute Gasteiger partial charge is 0.348 e. The molecular weight excluding hydrogens is 206 g/mol. The molecule has 0 bridgehead atoms. The Morgan fingerprint density at radius 1 is 1.31 bits per heavy atom. The minimum atomic E-state index is -0.690. The molecule has 1 rings (SSSR count). The molecule has 0 radical (unpaired) electrons. The number of carbonyl (C=O) groups is 2. The number of nitrogens with zero attached hydrogens (tertiary/aromatic N) is 1. The fraction of sp³-hybridized carbons (Fsp3) is 0.364. The standard InChI is InChI=1S/C11H15N3O2/c1-3-6-12-10(15)11(16)14-9-5-4-8(2)7-13-9/h4-5,7H,3,6H2,1-2H3,(H,12,15)(H,13,14,16). The number of nitrogens with one attached hydrogen (secondary N) is 2. The van der Waals surface area contributed by atoms with Crippen LogP contribution in [0, 0.1) is 6.92 Å². The summed E-state index contributed by atoms with van der Waals surface area (Å²) in [5.74, 6) is -0.948. The molecule has 0 aliphatic rings. The number of hydrogen-bond donors (Lipinski definition) is 2. The second kappa shape index (κ2) is 5.85. The molecule has 2 N–H and O–H groups in total. The summed E-state index contributed by atoms with van der Waals surface area (Å²) in [6.45, 7) is 4.31. The molecule has 0 spiro atoms. The van der Waals surface area contributed by atoms with Gasteiger partial charge in [0.2, 0.25) is 0 Å². The molecule has 0 atom stereocenters. The first-order chi connectivity index (χ1) is 7.63. The molecule has 0 saturated carbocycles. The lowest BCUT2D eigenvalue weighted by atomic mass is 10.3. The third-order valence-electron chi connectivity index (χ3n) is 1.89. The minimum Gasteiger partial charge on any atom is -0.348 e. The van der Waals surface area contributed by atoms with Gasteiger partial charge in [0, 0.05) is 12.7 Å². The maximum atomic E-state index is 11.3. The first-order valence-corrected chi connectivity index (χ1v) is 5.15. The van der Waals surface area contributed by atoms with Crippen molar-refractivity contribution >= 4 is 17.6 Å². The lowest BCUT2D eigenvalue weighted by Crippen LogP contribution is -2.35. The molecule has 1 aromatic heterocycles. The van der Waals surface area contributed by atoms with E-state index in [2.05, 4.69) is 15.6 Å². The second-order valence-electron chi connectivity index (χ2n) is 3.43. The highest BCUT2D eigenvalue weighted by molar-refractivity contribution is 6.39. The van der Waals surface area contributed by atoms with Crippen molar-refractivity contribution in [2.45, 2.75) is 20.3 Å². The fourth-order valence-electron chi connectivity index (χ4n) is 1.03. The van der Waals surface area contributed by atoms with Gasteiger partial charge in [0.15, 0.2) is 0 Å². The van der Waals surface area contributed by atoms with Crippen LogP contribution in [0.25, 0.3) is 0 Å². The average Bonchev–Trinajstić information content (AvgIpc) is 2.29. The summed E-state index contributed by atoms with van der Waals surface area (Å²) in [6, 6.07) is 3.47. The molecular formula is C11H15N3O2. The lowest BCUT2D eigenvalue weighted by molar-refractivity contribution is -0.136. The lowest BCUT2D eigenvalue weighted by Gasteiger charge is -2.04. The van der Waals surface area contributed by atoms with Crippen molar-refractivity contribution in [3.8, 4) is 0 Å². The number of carbonyl (C=O) groups excluding carboxylic acids is 2. The van der Waals surface area contributed by atoms with E-state index in [9.17, 15) is 9.59 Å². The average molecular weight is 221 g/mol. The molecule has 1 aromatic rings. The van der Waals surface area contributed by atoms with Crippen LogP contribution in [0.5, 0.6) is 0 Å². The van der Waals surface area contributed by atoms with E-state index in [-0.39, 0.29) is 0 Å².